The molecule has 5 rings (SSSR count). The molecule has 0 bridgehead atoms. The van der Waals surface area contributed by atoms with Crippen LogP contribution in [-0.4, -0.2) is 26.9 Å². The zero-order chi connectivity index (χ0) is 19.6. The molecule has 142 valence electrons. The second-order valence-electron chi connectivity index (χ2n) is 6.96. The minimum Gasteiger partial charge on any atom is -0.358 e. The average Bonchev–Trinajstić information content (AvgIpc) is 3.13. The molecule has 0 aliphatic carbocycles. The van der Waals surface area contributed by atoms with E-state index < -0.39 is 0 Å². The molecule has 2 aliphatic heterocycles. The van der Waals surface area contributed by atoms with Crippen molar-refractivity contribution in [3.05, 3.63) is 102 Å². The summed E-state index contributed by atoms with van der Waals surface area (Å²) in [6, 6.07) is 13.5. The van der Waals surface area contributed by atoms with Gasteiger partial charge in [0.2, 0.25) is 0 Å². The number of nitrogens with zero attached hydrogens (tertiary/aromatic N) is 3. The summed E-state index contributed by atoms with van der Waals surface area (Å²) >= 11 is 0. The van der Waals surface area contributed by atoms with Gasteiger partial charge in [-0.05, 0) is 48.0 Å². The number of fused-ring (bicyclic) bond motifs is 2. The Balaban J connectivity index is 1.39. The lowest BCUT2D eigenvalue weighted by Gasteiger charge is -2.25. The van der Waals surface area contributed by atoms with Crippen LogP contribution in [0.5, 0.6) is 0 Å². The lowest BCUT2D eigenvalue weighted by molar-refractivity contribution is -0.113. The van der Waals surface area contributed by atoms with Crippen LogP contribution in [0.1, 0.15) is 5.56 Å². The van der Waals surface area contributed by atoms with Crippen molar-refractivity contribution in [3.63, 3.8) is 0 Å². The fraction of sp³-hybridized carbons (Fsp3) is 0.0870. The van der Waals surface area contributed by atoms with Gasteiger partial charge >= 0.3 is 0 Å². The Bertz CT molecular complexity index is 1170. The second kappa shape index (κ2) is 7.24. The van der Waals surface area contributed by atoms with Gasteiger partial charge in [-0.15, -0.1) is 0 Å². The van der Waals surface area contributed by atoms with E-state index in [1.54, 1.807) is 12.4 Å². The average molecular weight is 381 g/mol. The molecule has 1 amide bonds. The van der Waals surface area contributed by atoms with E-state index in [4.69, 9.17) is 0 Å². The molecule has 2 aromatic heterocycles. The first kappa shape index (κ1) is 17.2. The fourth-order valence-corrected chi connectivity index (χ4v) is 3.67. The zero-order valence-corrected chi connectivity index (χ0v) is 15.6. The third-order valence-corrected chi connectivity index (χ3v) is 5.03. The highest BCUT2D eigenvalue weighted by Gasteiger charge is 2.33. The van der Waals surface area contributed by atoms with E-state index >= 15 is 0 Å². The van der Waals surface area contributed by atoms with Gasteiger partial charge in [0.15, 0.2) is 0 Å². The molecule has 0 spiro atoms. The molecule has 1 unspecified atom stereocenters. The number of allylic oxidation sites excluding steroid dienone is 3. The van der Waals surface area contributed by atoms with E-state index in [0.29, 0.717) is 5.70 Å². The van der Waals surface area contributed by atoms with Crippen molar-refractivity contribution in [1.29, 1.82) is 0 Å². The summed E-state index contributed by atoms with van der Waals surface area (Å²) in [7, 11) is 0. The summed E-state index contributed by atoms with van der Waals surface area (Å²) < 4.78 is 0. The van der Waals surface area contributed by atoms with Crippen molar-refractivity contribution in [2.75, 3.05) is 5.32 Å². The van der Waals surface area contributed by atoms with Gasteiger partial charge in [0.25, 0.3) is 5.91 Å². The van der Waals surface area contributed by atoms with Crippen LogP contribution >= 0.6 is 0 Å². The maximum atomic E-state index is 13.1. The molecule has 0 fully saturated rings. The number of hydrogen-bond acceptors (Lipinski definition) is 5. The summed E-state index contributed by atoms with van der Waals surface area (Å²) in [5.74, 6) is -0.165. The highest BCUT2D eigenvalue weighted by atomic mass is 16.2. The van der Waals surface area contributed by atoms with Crippen LogP contribution in [0.2, 0.25) is 0 Å². The van der Waals surface area contributed by atoms with Crippen molar-refractivity contribution in [2.45, 2.75) is 12.6 Å². The van der Waals surface area contributed by atoms with E-state index in [0.717, 1.165) is 34.3 Å². The lowest BCUT2D eigenvalue weighted by Crippen LogP contribution is -2.37. The Hall–Kier alpha value is -3.93. The maximum Gasteiger partial charge on any atom is 0.273 e. The summed E-state index contributed by atoms with van der Waals surface area (Å²) in [5, 5.41) is 7.38. The fourth-order valence-electron chi connectivity index (χ4n) is 3.67. The van der Waals surface area contributed by atoms with Gasteiger partial charge in [-0.2, -0.15) is 0 Å². The van der Waals surface area contributed by atoms with Crippen molar-refractivity contribution < 1.29 is 4.79 Å². The molecule has 0 radical (unpaired) electrons. The van der Waals surface area contributed by atoms with Crippen LogP contribution in [-0.2, 0) is 11.2 Å². The quantitative estimate of drug-likeness (QED) is 0.725. The molecule has 6 nitrogen and oxygen atoms in total. The maximum absolute atomic E-state index is 13.1. The van der Waals surface area contributed by atoms with Gasteiger partial charge < -0.3 is 15.5 Å². The molecule has 4 heterocycles. The third kappa shape index (κ3) is 3.36. The van der Waals surface area contributed by atoms with Crippen molar-refractivity contribution in [1.82, 2.24) is 20.2 Å². The SMILES string of the molecule is O=C(Nc1ccc2ncccc2c1)C1=C2C=CC=CN2C(Cc2cccnc2)N1. The van der Waals surface area contributed by atoms with Gasteiger partial charge in [-0.25, -0.2) is 0 Å². The van der Waals surface area contributed by atoms with Crippen LogP contribution in [0, 0.1) is 0 Å². The van der Waals surface area contributed by atoms with Gasteiger partial charge in [0.05, 0.1) is 11.2 Å². The van der Waals surface area contributed by atoms with E-state index in [1.165, 1.54) is 0 Å². The van der Waals surface area contributed by atoms with E-state index in [1.807, 2.05) is 73.1 Å². The summed E-state index contributed by atoms with van der Waals surface area (Å²) in [4.78, 5) is 23.7. The minimum atomic E-state index is -0.165. The highest BCUT2D eigenvalue weighted by Crippen LogP contribution is 2.27. The predicted molar refractivity (Wildman–Crippen MR) is 112 cm³/mol. The molecule has 6 heteroatoms. The number of hydrogen-bond donors (Lipinski definition) is 2. The number of carbonyl (C=O) groups is 1. The largest absolute Gasteiger partial charge is 0.358 e. The van der Waals surface area contributed by atoms with Crippen LogP contribution < -0.4 is 10.6 Å². The molecule has 1 atom stereocenters. The molecule has 2 aliphatic rings. The number of aromatic nitrogens is 2. The number of benzene rings is 1. The van der Waals surface area contributed by atoms with E-state index in [-0.39, 0.29) is 12.1 Å². The predicted octanol–water partition coefficient (Wildman–Crippen LogP) is 3.34. The van der Waals surface area contributed by atoms with E-state index in [9.17, 15) is 4.79 Å². The minimum absolute atomic E-state index is 0.0445. The van der Waals surface area contributed by atoms with Crippen molar-refractivity contribution in [3.8, 4) is 0 Å². The summed E-state index contributed by atoms with van der Waals surface area (Å²) in [6.45, 7) is 0. The zero-order valence-electron chi connectivity index (χ0n) is 15.6. The molecule has 0 saturated carbocycles. The van der Waals surface area contributed by atoms with Gasteiger partial charge in [0, 0.05) is 42.3 Å². The summed E-state index contributed by atoms with van der Waals surface area (Å²) in [5.41, 5.74) is 4.17. The molecular weight excluding hydrogens is 362 g/mol. The van der Waals surface area contributed by atoms with Crippen molar-refractivity contribution >= 4 is 22.5 Å². The second-order valence-corrected chi connectivity index (χ2v) is 6.96. The molecule has 0 saturated heterocycles. The Labute approximate surface area is 168 Å². The smallest absolute Gasteiger partial charge is 0.273 e. The first-order chi connectivity index (χ1) is 14.3. The lowest BCUT2D eigenvalue weighted by atomic mass is 10.1. The molecule has 3 aromatic rings. The first-order valence-corrected chi connectivity index (χ1v) is 9.47. The van der Waals surface area contributed by atoms with Crippen LogP contribution in [0.15, 0.2) is 96.9 Å². The Kier molecular flexibility index (Phi) is 4.29. The summed E-state index contributed by atoms with van der Waals surface area (Å²) in [6.07, 6.45) is 13.9. The normalized spacial score (nSPS) is 17.4. The van der Waals surface area contributed by atoms with Crippen LogP contribution in [0.3, 0.4) is 0 Å². The molecule has 1 aromatic carbocycles. The Morgan fingerprint density at radius 1 is 1.14 bits per heavy atom. The van der Waals surface area contributed by atoms with Gasteiger partial charge in [-0.1, -0.05) is 18.2 Å². The molecule has 29 heavy (non-hydrogen) atoms. The van der Waals surface area contributed by atoms with Gasteiger partial charge in [0.1, 0.15) is 11.9 Å². The topological polar surface area (TPSA) is 70.2 Å². The third-order valence-electron chi connectivity index (χ3n) is 5.03. The number of nitrogens with one attached hydrogen (secondary N) is 2. The Morgan fingerprint density at radius 3 is 2.97 bits per heavy atom. The van der Waals surface area contributed by atoms with Gasteiger partial charge in [-0.3, -0.25) is 14.8 Å². The number of carbonyl (C=O) groups excluding carboxylic acids is 1. The highest BCUT2D eigenvalue weighted by molar-refractivity contribution is 6.05. The van der Waals surface area contributed by atoms with E-state index in [2.05, 4.69) is 25.5 Å². The standard InChI is InChI=1S/C23H19N5O/c29-23(26-18-8-9-19-17(14-18)6-4-11-25-19)22-20-7-1-2-12-28(20)21(27-22)13-16-5-3-10-24-15-16/h1-12,14-15,21,27H,13H2,(H,26,29). The van der Waals surface area contributed by atoms with Crippen LogP contribution in [0.25, 0.3) is 10.9 Å². The molecular formula is C23H19N5O. The number of anilines is 1. The first-order valence-electron chi connectivity index (χ1n) is 9.47. The molecule has 2 N–H and O–H groups in total. The van der Waals surface area contributed by atoms with Crippen molar-refractivity contribution in [2.24, 2.45) is 0 Å². The Morgan fingerprint density at radius 2 is 2.07 bits per heavy atom. The van der Waals surface area contributed by atoms with Crippen LogP contribution in [0.4, 0.5) is 5.69 Å². The monoisotopic (exact) mass is 381 g/mol. The number of rotatable bonds is 4. The number of pyridine rings is 2. The number of amides is 1.